The molecule has 2 nitrogen and oxygen atoms in total. The SMILES string of the molecule is CC12C=CC(=O)C=C1CCC1[C@@H]2CCC2(C)[C@@H](O)CC[C@@H]12. The normalized spacial score (nSPS) is 52.0. The third-order valence-electron chi connectivity index (χ3n) is 7.51. The van der Waals surface area contributed by atoms with Crippen molar-refractivity contribution >= 4 is 5.78 Å². The zero-order valence-corrected chi connectivity index (χ0v) is 13.1. The van der Waals surface area contributed by atoms with Gasteiger partial charge in [-0.3, -0.25) is 4.79 Å². The van der Waals surface area contributed by atoms with Gasteiger partial charge in [-0.2, -0.15) is 0 Å². The van der Waals surface area contributed by atoms with Gasteiger partial charge in [0, 0.05) is 5.41 Å². The first-order valence-corrected chi connectivity index (χ1v) is 8.57. The van der Waals surface area contributed by atoms with E-state index in [1.54, 1.807) is 6.08 Å². The first kappa shape index (κ1) is 13.8. The van der Waals surface area contributed by atoms with Crippen LogP contribution in [0, 0.1) is 28.6 Å². The van der Waals surface area contributed by atoms with E-state index < -0.39 is 0 Å². The fraction of sp³-hybridized carbons (Fsp3) is 0.737. The number of aliphatic hydroxyl groups is 1. The van der Waals surface area contributed by atoms with Crippen LogP contribution in [0.4, 0.5) is 0 Å². The average molecular weight is 286 g/mol. The summed E-state index contributed by atoms with van der Waals surface area (Å²) >= 11 is 0. The molecule has 3 saturated carbocycles. The van der Waals surface area contributed by atoms with Crippen LogP contribution >= 0.6 is 0 Å². The number of ketones is 1. The van der Waals surface area contributed by atoms with Gasteiger partial charge in [-0.05, 0) is 73.8 Å². The number of carbonyl (C=O) groups is 1. The van der Waals surface area contributed by atoms with Gasteiger partial charge < -0.3 is 5.11 Å². The maximum absolute atomic E-state index is 11.7. The Kier molecular flexibility index (Phi) is 2.83. The summed E-state index contributed by atoms with van der Waals surface area (Å²) in [4.78, 5) is 11.7. The van der Waals surface area contributed by atoms with Crippen molar-refractivity contribution < 1.29 is 9.90 Å². The lowest BCUT2D eigenvalue weighted by Crippen LogP contribution is -2.50. The molecule has 21 heavy (non-hydrogen) atoms. The molecule has 6 atom stereocenters. The molecule has 1 N–H and O–H groups in total. The van der Waals surface area contributed by atoms with E-state index in [0.29, 0.717) is 11.8 Å². The topological polar surface area (TPSA) is 37.3 Å². The molecule has 0 aromatic rings. The van der Waals surface area contributed by atoms with Crippen LogP contribution in [0.15, 0.2) is 23.8 Å². The molecular formula is C19H26O2. The van der Waals surface area contributed by atoms with Crippen LogP contribution in [-0.2, 0) is 4.79 Å². The van der Waals surface area contributed by atoms with E-state index in [0.717, 1.165) is 25.2 Å². The number of hydrogen-bond donors (Lipinski definition) is 1. The minimum atomic E-state index is -0.100. The molecule has 0 spiro atoms. The minimum absolute atomic E-state index is 0.0890. The molecule has 0 heterocycles. The molecule has 0 bridgehead atoms. The van der Waals surface area contributed by atoms with Crippen LogP contribution in [-0.4, -0.2) is 17.0 Å². The van der Waals surface area contributed by atoms with E-state index >= 15 is 0 Å². The Hall–Kier alpha value is -0.890. The van der Waals surface area contributed by atoms with Crippen molar-refractivity contribution in [3.63, 3.8) is 0 Å². The number of rotatable bonds is 0. The first-order chi connectivity index (χ1) is 9.95. The lowest BCUT2D eigenvalue weighted by Gasteiger charge is -2.56. The lowest BCUT2D eigenvalue weighted by atomic mass is 9.48. The van der Waals surface area contributed by atoms with Crippen molar-refractivity contribution in [2.24, 2.45) is 28.6 Å². The van der Waals surface area contributed by atoms with Gasteiger partial charge in [-0.15, -0.1) is 0 Å². The monoisotopic (exact) mass is 286 g/mol. The highest BCUT2D eigenvalue weighted by Gasteiger charge is 2.58. The minimum Gasteiger partial charge on any atom is -0.393 e. The molecule has 3 unspecified atom stereocenters. The van der Waals surface area contributed by atoms with E-state index in [2.05, 4.69) is 19.9 Å². The zero-order valence-electron chi connectivity index (χ0n) is 13.1. The lowest BCUT2D eigenvalue weighted by molar-refractivity contribution is -0.111. The van der Waals surface area contributed by atoms with Crippen LogP contribution in [0.2, 0.25) is 0 Å². The Morgan fingerprint density at radius 3 is 2.76 bits per heavy atom. The maximum atomic E-state index is 11.7. The fourth-order valence-electron chi connectivity index (χ4n) is 6.17. The Balaban J connectivity index is 1.70. The predicted molar refractivity (Wildman–Crippen MR) is 82.6 cm³/mol. The summed E-state index contributed by atoms with van der Waals surface area (Å²) in [6.45, 7) is 4.66. The second kappa shape index (κ2) is 4.32. The molecular weight excluding hydrogens is 260 g/mol. The summed E-state index contributed by atoms with van der Waals surface area (Å²) in [6, 6.07) is 0. The smallest absolute Gasteiger partial charge is 0.178 e. The number of hydrogen-bond acceptors (Lipinski definition) is 2. The molecule has 4 rings (SSSR count). The van der Waals surface area contributed by atoms with E-state index in [1.807, 2.05) is 6.08 Å². The molecule has 0 aliphatic heterocycles. The number of aliphatic hydroxyl groups excluding tert-OH is 1. The van der Waals surface area contributed by atoms with Gasteiger partial charge in [-0.1, -0.05) is 25.5 Å². The highest BCUT2D eigenvalue weighted by Crippen LogP contribution is 2.64. The van der Waals surface area contributed by atoms with Crippen LogP contribution in [0.1, 0.15) is 52.4 Å². The van der Waals surface area contributed by atoms with Crippen molar-refractivity contribution in [2.45, 2.75) is 58.5 Å². The second-order valence-corrected chi connectivity index (χ2v) is 8.24. The number of fused-ring (bicyclic) bond motifs is 5. The van der Waals surface area contributed by atoms with E-state index in [9.17, 15) is 9.90 Å². The van der Waals surface area contributed by atoms with Crippen LogP contribution in [0.3, 0.4) is 0 Å². The van der Waals surface area contributed by atoms with Gasteiger partial charge in [0.2, 0.25) is 0 Å². The van der Waals surface area contributed by atoms with E-state index in [1.165, 1.54) is 24.8 Å². The van der Waals surface area contributed by atoms with E-state index in [4.69, 9.17) is 0 Å². The van der Waals surface area contributed by atoms with Gasteiger partial charge in [0.15, 0.2) is 5.78 Å². The molecule has 4 aliphatic rings. The van der Waals surface area contributed by atoms with Crippen LogP contribution < -0.4 is 0 Å². The molecule has 3 fully saturated rings. The summed E-state index contributed by atoms with van der Waals surface area (Å²) in [5.41, 5.74) is 1.59. The van der Waals surface area contributed by atoms with Gasteiger partial charge in [-0.25, -0.2) is 0 Å². The fourth-order valence-corrected chi connectivity index (χ4v) is 6.17. The van der Waals surface area contributed by atoms with Crippen molar-refractivity contribution in [1.82, 2.24) is 0 Å². The second-order valence-electron chi connectivity index (χ2n) is 8.24. The summed E-state index contributed by atoms with van der Waals surface area (Å²) < 4.78 is 0. The van der Waals surface area contributed by atoms with Gasteiger partial charge in [0.25, 0.3) is 0 Å². The van der Waals surface area contributed by atoms with Crippen LogP contribution in [0.25, 0.3) is 0 Å². The van der Waals surface area contributed by atoms with Crippen molar-refractivity contribution in [3.05, 3.63) is 23.8 Å². The summed E-state index contributed by atoms with van der Waals surface area (Å²) in [5, 5.41) is 10.4. The highest BCUT2D eigenvalue weighted by atomic mass is 16.3. The van der Waals surface area contributed by atoms with Crippen molar-refractivity contribution in [3.8, 4) is 0 Å². The average Bonchev–Trinajstić information content (AvgIpc) is 2.76. The largest absolute Gasteiger partial charge is 0.393 e. The Labute approximate surface area is 127 Å². The van der Waals surface area contributed by atoms with Gasteiger partial charge in [0.1, 0.15) is 0 Å². The molecule has 0 aromatic heterocycles. The van der Waals surface area contributed by atoms with Crippen molar-refractivity contribution in [1.29, 1.82) is 0 Å². The quantitative estimate of drug-likeness (QED) is 0.738. The van der Waals surface area contributed by atoms with Gasteiger partial charge in [0.05, 0.1) is 6.10 Å². The third-order valence-corrected chi connectivity index (χ3v) is 7.51. The Morgan fingerprint density at radius 1 is 1.14 bits per heavy atom. The Morgan fingerprint density at radius 2 is 1.95 bits per heavy atom. The summed E-state index contributed by atoms with van der Waals surface area (Å²) in [5.74, 6) is 2.22. The highest BCUT2D eigenvalue weighted by molar-refractivity contribution is 6.01. The Bertz CT molecular complexity index is 546. The first-order valence-electron chi connectivity index (χ1n) is 8.57. The predicted octanol–water partition coefficient (Wildman–Crippen LogP) is 3.66. The molecule has 0 aromatic carbocycles. The summed E-state index contributed by atoms with van der Waals surface area (Å²) in [7, 11) is 0. The van der Waals surface area contributed by atoms with Gasteiger partial charge >= 0.3 is 0 Å². The molecule has 2 heteroatoms. The third kappa shape index (κ3) is 1.72. The van der Waals surface area contributed by atoms with Crippen LogP contribution in [0.5, 0.6) is 0 Å². The molecule has 0 amide bonds. The molecule has 0 radical (unpaired) electrons. The molecule has 4 aliphatic carbocycles. The summed E-state index contributed by atoms with van der Waals surface area (Å²) in [6.07, 6.45) is 12.6. The maximum Gasteiger partial charge on any atom is 0.178 e. The zero-order chi connectivity index (χ0) is 14.8. The standard InChI is InChI=1S/C19H26O2/c1-18-9-7-13(20)11-12(18)3-4-14-15-5-6-17(21)19(15,2)10-8-16(14)18/h7,9,11,14-17,21H,3-6,8,10H2,1-2H3/t14?,15-,16-,17-,18?,19?/m0/s1. The molecule has 0 saturated heterocycles. The number of carbonyl (C=O) groups excluding carboxylic acids is 1. The number of allylic oxidation sites excluding steroid dienone is 4. The van der Waals surface area contributed by atoms with E-state index in [-0.39, 0.29) is 22.7 Å². The van der Waals surface area contributed by atoms with Crippen molar-refractivity contribution in [2.75, 3.05) is 0 Å². The molecule has 114 valence electrons.